The highest BCUT2D eigenvalue weighted by Crippen LogP contribution is 2.46. The molecule has 3 fully saturated rings. The van der Waals surface area contributed by atoms with Crippen molar-refractivity contribution in [1.82, 2.24) is 0 Å². The Hall–Kier alpha value is 0.230. The average molecular weight is 272 g/mol. The third-order valence-electron chi connectivity index (χ3n) is 4.90. The zero-order chi connectivity index (χ0) is 12.6. The fourth-order valence-electron chi connectivity index (χ4n) is 3.82. The molecule has 4 heteroatoms. The molecule has 4 unspecified atom stereocenters. The highest BCUT2D eigenvalue weighted by Gasteiger charge is 2.48. The van der Waals surface area contributed by atoms with Crippen LogP contribution in [0.2, 0.25) is 0 Å². The number of thioether (sulfide) groups is 1. The van der Waals surface area contributed by atoms with E-state index in [0.29, 0.717) is 12.5 Å². The minimum absolute atomic E-state index is 0.0743. The van der Waals surface area contributed by atoms with Crippen LogP contribution in [-0.2, 0) is 9.47 Å². The normalized spacial score (nSPS) is 49.7. The number of rotatable bonds is 1. The van der Waals surface area contributed by atoms with Crippen LogP contribution in [0, 0.1) is 5.92 Å². The van der Waals surface area contributed by atoms with E-state index in [9.17, 15) is 5.11 Å². The molecule has 0 radical (unpaired) electrons. The Balaban J connectivity index is 1.71. The summed E-state index contributed by atoms with van der Waals surface area (Å²) in [5.41, 5.74) is -0.438. The highest BCUT2D eigenvalue weighted by atomic mass is 32.2. The van der Waals surface area contributed by atoms with Crippen molar-refractivity contribution in [3.05, 3.63) is 0 Å². The Bertz CT molecular complexity index is 303. The molecule has 0 aromatic rings. The van der Waals surface area contributed by atoms with Crippen molar-refractivity contribution in [2.24, 2.45) is 5.92 Å². The third kappa shape index (κ3) is 2.45. The van der Waals surface area contributed by atoms with Crippen LogP contribution in [-0.4, -0.2) is 47.1 Å². The summed E-state index contributed by atoms with van der Waals surface area (Å²) in [7, 11) is 0. The first-order chi connectivity index (χ1) is 8.62. The lowest BCUT2D eigenvalue weighted by molar-refractivity contribution is -0.171. The fourth-order valence-corrected chi connectivity index (χ4v) is 5.19. The van der Waals surface area contributed by atoms with Gasteiger partial charge in [0.2, 0.25) is 0 Å². The molecule has 1 spiro atoms. The summed E-state index contributed by atoms with van der Waals surface area (Å²) in [5.74, 6) is 2.73. The molecule has 0 aromatic carbocycles. The quantitative estimate of drug-likeness (QED) is 0.794. The van der Waals surface area contributed by atoms with Gasteiger partial charge in [-0.15, -0.1) is 0 Å². The van der Waals surface area contributed by atoms with Crippen LogP contribution in [0.4, 0.5) is 0 Å². The van der Waals surface area contributed by atoms with Crippen LogP contribution < -0.4 is 0 Å². The van der Waals surface area contributed by atoms with Crippen molar-refractivity contribution in [2.75, 3.05) is 24.7 Å². The van der Waals surface area contributed by atoms with E-state index in [1.54, 1.807) is 0 Å². The van der Waals surface area contributed by atoms with Gasteiger partial charge in [0, 0.05) is 25.4 Å². The summed E-state index contributed by atoms with van der Waals surface area (Å²) < 4.78 is 11.6. The Morgan fingerprint density at radius 2 is 2.11 bits per heavy atom. The van der Waals surface area contributed by atoms with E-state index in [0.717, 1.165) is 44.5 Å². The van der Waals surface area contributed by atoms with Crippen molar-refractivity contribution < 1.29 is 14.6 Å². The van der Waals surface area contributed by atoms with Gasteiger partial charge in [0.15, 0.2) is 0 Å². The van der Waals surface area contributed by atoms with Crippen LogP contribution >= 0.6 is 11.8 Å². The molecule has 0 bridgehead atoms. The second-order valence-electron chi connectivity index (χ2n) is 6.26. The minimum atomic E-state index is -0.512. The third-order valence-corrected chi connectivity index (χ3v) is 6.12. The van der Waals surface area contributed by atoms with E-state index in [4.69, 9.17) is 9.47 Å². The molecule has 0 amide bonds. The molecule has 3 heterocycles. The zero-order valence-electron chi connectivity index (χ0n) is 11.2. The molecular weight excluding hydrogens is 248 g/mol. The first-order valence-electron chi connectivity index (χ1n) is 7.18. The van der Waals surface area contributed by atoms with Gasteiger partial charge >= 0.3 is 0 Å². The summed E-state index contributed by atoms with van der Waals surface area (Å²) in [4.78, 5) is 0. The molecule has 3 nitrogen and oxygen atoms in total. The van der Waals surface area contributed by atoms with E-state index < -0.39 is 5.60 Å². The zero-order valence-corrected chi connectivity index (χ0v) is 12.0. The topological polar surface area (TPSA) is 38.7 Å². The molecule has 1 N–H and O–H groups in total. The van der Waals surface area contributed by atoms with Gasteiger partial charge in [-0.05, 0) is 44.3 Å². The average Bonchev–Trinajstić information content (AvgIpc) is 2.77. The summed E-state index contributed by atoms with van der Waals surface area (Å²) in [5, 5.41) is 11.0. The summed E-state index contributed by atoms with van der Waals surface area (Å²) in [6, 6.07) is 0. The molecule has 104 valence electrons. The maximum absolute atomic E-state index is 11.0. The van der Waals surface area contributed by atoms with Gasteiger partial charge in [0.25, 0.3) is 0 Å². The predicted molar refractivity (Wildman–Crippen MR) is 72.9 cm³/mol. The number of hydrogen-bond acceptors (Lipinski definition) is 4. The van der Waals surface area contributed by atoms with Crippen molar-refractivity contribution >= 4 is 11.8 Å². The van der Waals surface area contributed by atoms with Crippen molar-refractivity contribution in [2.45, 2.75) is 56.3 Å². The molecule has 0 aromatic heterocycles. The molecule has 3 saturated heterocycles. The van der Waals surface area contributed by atoms with Crippen molar-refractivity contribution in [3.63, 3.8) is 0 Å². The molecule has 0 saturated carbocycles. The highest BCUT2D eigenvalue weighted by molar-refractivity contribution is 7.99. The molecule has 3 aliphatic rings. The SMILES string of the molecule is CC1CC(O)(C2CCOC3(CCSC3)C2)CCO1. The second-order valence-corrected chi connectivity index (χ2v) is 7.37. The molecule has 3 aliphatic heterocycles. The predicted octanol–water partition coefficient (Wildman–Crippen LogP) is 2.22. The van der Waals surface area contributed by atoms with Crippen LogP contribution in [0.3, 0.4) is 0 Å². The lowest BCUT2D eigenvalue weighted by Gasteiger charge is -2.47. The summed E-state index contributed by atoms with van der Waals surface area (Å²) in [6.45, 7) is 3.60. The maximum atomic E-state index is 11.0. The molecule has 3 rings (SSSR count). The van der Waals surface area contributed by atoms with Crippen LogP contribution in [0.5, 0.6) is 0 Å². The van der Waals surface area contributed by atoms with Crippen LogP contribution in [0.15, 0.2) is 0 Å². The van der Waals surface area contributed by atoms with Gasteiger partial charge < -0.3 is 14.6 Å². The van der Waals surface area contributed by atoms with Gasteiger partial charge in [-0.25, -0.2) is 0 Å². The monoisotopic (exact) mass is 272 g/mol. The van der Waals surface area contributed by atoms with Gasteiger partial charge in [0.05, 0.1) is 17.3 Å². The summed E-state index contributed by atoms with van der Waals surface area (Å²) >= 11 is 2.00. The van der Waals surface area contributed by atoms with E-state index in [1.165, 1.54) is 5.75 Å². The maximum Gasteiger partial charge on any atom is 0.0784 e. The van der Waals surface area contributed by atoms with Crippen molar-refractivity contribution in [1.29, 1.82) is 0 Å². The van der Waals surface area contributed by atoms with E-state index in [1.807, 2.05) is 11.8 Å². The van der Waals surface area contributed by atoms with Crippen LogP contribution in [0.25, 0.3) is 0 Å². The lowest BCUT2D eigenvalue weighted by Crippen LogP contribution is -2.52. The first kappa shape index (κ1) is 13.2. The van der Waals surface area contributed by atoms with E-state index in [2.05, 4.69) is 6.92 Å². The fraction of sp³-hybridized carbons (Fsp3) is 1.00. The standard InChI is InChI=1S/C14H24O3S/c1-11-8-14(15,3-6-16-11)12-2-5-17-13(9-12)4-7-18-10-13/h11-12,15H,2-10H2,1H3. The second kappa shape index (κ2) is 4.97. The lowest BCUT2D eigenvalue weighted by atomic mass is 9.71. The Labute approximate surface area is 114 Å². The van der Waals surface area contributed by atoms with Gasteiger partial charge in [0.1, 0.15) is 0 Å². The van der Waals surface area contributed by atoms with Crippen molar-refractivity contribution in [3.8, 4) is 0 Å². The number of hydrogen-bond donors (Lipinski definition) is 1. The number of ether oxygens (including phenoxy) is 2. The first-order valence-corrected chi connectivity index (χ1v) is 8.33. The largest absolute Gasteiger partial charge is 0.389 e. The molecule has 18 heavy (non-hydrogen) atoms. The van der Waals surface area contributed by atoms with E-state index in [-0.39, 0.29) is 11.7 Å². The van der Waals surface area contributed by atoms with Crippen LogP contribution in [0.1, 0.15) is 39.0 Å². The Morgan fingerprint density at radius 3 is 2.83 bits per heavy atom. The Kier molecular flexibility index (Phi) is 3.65. The molecule has 4 atom stereocenters. The smallest absolute Gasteiger partial charge is 0.0784 e. The Morgan fingerprint density at radius 1 is 1.22 bits per heavy atom. The van der Waals surface area contributed by atoms with Gasteiger partial charge in [-0.3, -0.25) is 0 Å². The number of aliphatic hydroxyl groups is 1. The van der Waals surface area contributed by atoms with Gasteiger partial charge in [-0.1, -0.05) is 0 Å². The molecule has 0 aliphatic carbocycles. The van der Waals surface area contributed by atoms with Gasteiger partial charge in [-0.2, -0.15) is 11.8 Å². The summed E-state index contributed by atoms with van der Waals surface area (Å²) in [6.07, 6.45) is 5.00. The molecular formula is C14H24O3S. The van der Waals surface area contributed by atoms with E-state index >= 15 is 0 Å². The minimum Gasteiger partial charge on any atom is -0.389 e.